The van der Waals surface area contributed by atoms with Crippen molar-refractivity contribution in [3.63, 3.8) is 0 Å². The number of rotatable bonds is 6. The van der Waals surface area contributed by atoms with Crippen LogP contribution in [0.5, 0.6) is 0 Å². The molecule has 0 radical (unpaired) electrons. The lowest BCUT2D eigenvalue weighted by molar-refractivity contribution is -0.146. The number of halogens is 1. The molecule has 1 aromatic rings. The first-order valence-corrected chi connectivity index (χ1v) is 7.47. The van der Waals surface area contributed by atoms with E-state index in [1.54, 1.807) is 0 Å². The van der Waals surface area contributed by atoms with Crippen molar-refractivity contribution in [1.82, 2.24) is 5.32 Å². The van der Waals surface area contributed by atoms with Gasteiger partial charge in [0, 0.05) is 10.5 Å². The van der Waals surface area contributed by atoms with Gasteiger partial charge in [0.15, 0.2) is 0 Å². The average molecular weight is 328 g/mol. The fourth-order valence-corrected chi connectivity index (χ4v) is 2.11. The molecule has 106 valence electrons. The van der Waals surface area contributed by atoms with Crippen molar-refractivity contribution in [1.29, 1.82) is 0 Å². The summed E-state index contributed by atoms with van der Waals surface area (Å²) in [4.78, 5) is 12.1. The molecule has 1 aromatic carbocycles. The molecule has 0 saturated carbocycles. The second kappa shape index (κ2) is 7.65. The average Bonchev–Trinajstić information content (AvgIpc) is 2.39. The Bertz CT molecular complexity index is 434. The van der Waals surface area contributed by atoms with Gasteiger partial charge in [0.25, 0.3) is 0 Å². The molecule has 0 aliphatic rings. The Hall–Kier alpha value is -0.870. The van der Waals surface area contributed by atoms with Crippen LogP contribution in [0.25, 0.3) is 0 Å². The molecule has 4 heteroatoms. The van der Waals surface area contributed by atoms with E-state index in [2.05, 4.69) is 35.1 Å². The maximum atomic E-state index is 12.1. The third-order valence-corrected chi connectivity index (χ3v) is 3.97. The van der Waals surface area contributed by atoms with Gasteiger partial charge in [0.05, 0.1) is 6.61 Å². The number of benzene rings is 1. The second-order valence-corrected chi connectivity index (χ2v) is 5.52. The molecule has 1 N–H and O–H groups in total. The molecular formula is C15H22BrNO2. The minimum absolute atomic E-state index is 0.224. The number of hydrogen-bond acceptors (Lipinski definition) is 3. The van der Waals surface area contributed by atoms with Crippen molar-refractivity contribution < 1.29 is 9.53 Å². The third kappa shape index (κ3) is 4.62. The van der Waals surface area contributed by atoms with E-state index in [0.717, 1.165) is 22.0 Å². The Labute approximate surface area is 123 Å². The van der Waals surface area contributed by atoms with E-state index in [9.17, 15) is 4.79 Å². The summed E-state index contributed by atoms with van der Waals surface area (Å²) in [6.45, 7) is 8.39. The van der Waals surface area contributed by atoms with Crippen LogP contribution in [0.2, 0.25) is 0 Å². The van der Waals surface area contributed by atoms with Crippen LogP contribution in [0.3, 0.4) is 0 Å². The molecule has 2 atom stereocenters. The second-order valence-electron chi connectivity index (χ2n) is 4.67. The first kappa shape index (κ1) is 16.2. The number of hydrogen-bond donors (Lipinski definition) is 1. The van der Waals surface area contributed by atoms with E-state index < -0.39 is 6.04 Å². The van der Waals surface area contributed by atoms with Crippen molar-refractivity contribution in [2.45, 2.75) is 46.2 Å². The zero-order chi connectivity index (χ0) is 14.4. The quantitative estimate of drug-likeness (QED) is 0.808. The molecule has 19 heavy (non-hydrogen) atoms. The summed E-state index contributed by atoms with van der Waals surface area (Å²) in [6, 6.07) is 5.80. The van der Waals surface area contributed by atoms with E-state index in [1.807, 2.05) is 32.0 Å². The number of aryl methyl sites for hydroxylation is 1. The Morgan fingerprint density at radius 1 is 1.42 bits per heavy atom. The van der Waals surface area contributed by atoms with Crippen LogP contribution >= 0.6 is 15.9 Å². The first-order chi connectivity index (χ1) is 8.99. The van der Waals surface area contributed by atoms with Gasteiger partial charge in [-0.3, -0.25) is 5.32 Å². The standard InChI is InChI=1S/C15H22BrNO2/c1-5-11(4)17-14(15(18)19-6-2)12-8-7-10(3)13(16)9-12/h7-9,11,14,17H,5-6H2,1-4H3. The van der Waals surface area contributed by atoms with Gasteiger partial charge in [0.2, 0.25) is 0 Å². The van der Waals surface area contributed by atoms with Gasteiger partial charge < -0.3 is 4.74 Å². The van der Waals surface area contributed by atoms with Gasteiger partial charge in [-0.15, -0.1) is 0 Å². The highest BCUT2D eigenvalue weighted by molar-refractivity contribution is 9.10. The summed E-state index contributed by atoms with van der Waals surface area (Å²) >= 11 is 3.51. The maximum absolute atomic E-state index is 12.1. The highest BCUT2D eigenvalue weighted by Crippen LogP contribution is 2.23. The van der Waals surface area contributed by atoms with Gasteiger partial charge in [0.1, 0.15) is 6.04 Å². The van der Waals surface area contributed by atoms with Crippen molar-refractivity contribution in [2.75, 3.05) is 6.61 Å². The highest BCUT2D eigenvalue weighted by Gasteiger charge is 2.23. The molecule has 0 spiro atoms. The molecule has 0 aromatic heterocycles. The topological polar surface area (TPSA) is 38.3 Å². The van der Waals surface area contributed by atoms with Crippen LogP contribution in [0, 0.1) is 6.92 Å². The Kier molecular flexibility index (Phi) is 6.52. The Morgan fingerprint density at radius 3 is 2.63 bits per heavy atom. The van der Waals surface area contributed by atoms with E-state index in [-0.39, 0.29) is 12.0 Å². The van der Waals surface area contributed by atoms with Crippen LogP contribution in [0.4, 0.5) is 0 Å². The molecular weight excluding hydrogens is 306 g/mol. The predicted molar refractivity (Wildman–Crippen MR) is 81.1 cm³/mol. The molecule has 1 rings (SSSR count). The van der Waals surface area contributed by atoms with Crippen molar-refractivity contribution in [2.24, 2.45) is 0 Å². The zero-order valence-corrected chi connectivity index (χ0v) is 13.6. The van der Waals surface area contributed by atoms with Crippen LogP contribution < -0.4 is 5.32 Å². The van der Waals surface area contributed by atoms with Gasteiger partial charge in [-0.2, -0.15) is 0 Å². The minimum atomic E-state index is -0.410. The largest absolute Gasteiger partial charge is 0.465 e. The van der Waals surface area contributed by atoms with Gasteiger partial charge in [-0.25, -0.2) is 4.79 Å². The van der Waals surface area contributed by atoms with Crippen LogP contribution in [0.15, 0.2) is 22.7 Å². The number of ether oxygens (including phenoxy) is 1. The molecule has 3 nitrogen and oxygen atoms in total. The third-order valence-electron chi connectivity index (χ3n) is 3.12. The lowest BCUT2D eigenvalue weighted by Crippen LogP contribution is -2.36. The SMILES string of the molecule is CCOC(=O)C(NC(C)CC)c1ccc(C)c(Br)c1. The van der Waals surface area contributed by atoms with E-state index in [1.165, 1.54) is 0 Å². The van der Waals surface area contributed by atoms with Crippen LogP contribution in [-0.4, -0.2) is 18.6 Å². The summed E-state index contributed by atoms with van der Waals surface area (Å²) in [6.07, 6.45) is 0.961. The monoisotopic (exact) mass is 327 g/mol. The molecule has 0 aliphatic carbocycles. The van der Waals surface area contributed by atoms with Crippen LogP contribution in [0.1, 0.15) is 44.4 Å². The normalized spacial score (nSPS) is 13.9. The van der Waals surface area contributed by atoms with Crippen molar-refractivity contribution >= 4 is 21.9 Å². The number of esters is 1. The fraction of sp³-hybridized carbons (Fsp3) is 0.533. The summed E-state index contributed by atoms with van der Waals surface area (Å²) in [5.74, 6) is -0.224. The molecule has 0 fully saturated rings. The highest BCUT2D eigenvalue weighted by atomic mass is 79.9. The molecule has 0 amide bonds. The Balaban J connectivity index is 3.00. The predicted octanol–water partition coefficient (Wildman–Crippen LogP) is 3.75. The van der Waals surface area contributed by atoms with Gasteiger partial charge >= 0.3 is 5.97 Å². The molecule has 0 heterocycles. The zero-order valence-electron chi connectivity index (χ0n) is 12.0. The number of carbonyl (C=O) groups is 1. The van der Waals surface area contributed by atoms with Crippen LogP contribution in [-0.2, 0) is 9.53 Å². The molecule has 0 bridgehead atoms. The first-order valence-electron chi connectivity index (χ1n) is 6.68. The van der Waals surface area contributed by atoms with E-state index in [4.69, 9.17) is 4.74 Å². The van der Waals surface area contributed by atoms with Gasteiger partial charge in [-0.1, -0.05) is 35.0 Å². The maximum Gasteiger partial charge on any atom is 0.327 e. The molecule has 2 unspecified atom stereocenters. The van der Waals surface area contributed by atoms with Crippen molar-refractivity contribution in [3.8, 4) is 0 Å². The lowest BCUT2D eigenvalue weighted by atomic mass is 10.0. The minimum Gasteiger partial charge on any atom is -0.465 e. The lowest BCUT2D eigenvalue weighted by Gasteiger charge is -2.22. The molecule has 0 aliphatic heterocycles. The van der Waals surface area contributed by atoms with E-state index >= 15 is 0 Å². The summed E-state index contributed by atoms with van der Waals surface area (Å²) in [5, 5.41) is 3.32. The smallest absolute Gasteiger partial charge is 0.327 e. The van der Waals surface area contributed by atoms with Gasteiger partial charge in [-0.05, 0) is 44.4 Å². The number of nitrogens with one attached hydrogen (secondary N) is 1. The number of carbonyl (C=O) groups excluding carboxylic acids is 1. The summed E-state index contributed by atoms with van der Waals surface area (Å²) in [7, 11) is 0. The fourth-order valence-electron chi connectivity index (χ4n) is 1.72. The Morgan fingerprint density at radius 2 is 2.11 bits per heavy atom. The summed E-state index contributed by atoms with van der Waals surface area (Å²) in [5.41, 5.74) is 2.08. The summed E-state index contributed by atoms with van der Waals surface area (Å²) < 4.78 is 6.16. The van der Waals surface area contributed by atoms with E-state index in [0.29, 0.717) is 6.61 Å². The molecule has 0 saturated heterocycles. The van der Waals surface area contributed by atoms with Crippen molar-refractivity contribution in [3.05, 3.63) is 33.8 Å².